The molecule has 0 unspecified atom stereocenters. The summed E-state index contributed by atoms with van der Waals surface area (Å²) < 4.78 is 10.9. The Morgan fingerprint density at radius 2 is 1.91 bits per heavy atom. The molecule has 0 amide bonds. The second-order valence-electron chi connectivity index (χ2n) is 5.21. The number of nitrogens with zero attached hydrogens (tertiary/aromatic N) is 1. The molecule has 0 saturated heterocycles. The summed E-state index contributed by atoms with van der Waals surface area (Å²) in [5, 5.41) is 6.56. The Kier molecular flexibility index (Phi) is 9.07. The lowest BCUT2D eigenvalue weighted by Crippen LogP contribution is -2.37. The Labute approximate surface area is 134 Å². The molecule has 5 heteroatoms. The van der Waals surface area contributed by atoms with E-state index in [1.807, 2.05) is 32.9 Å². The summed E-state index contributed by atoms with van der Waals surface area (Å²) in [4.78, 5) is 4.21. The van der Waals surface area contributed by atoms with Gasteiger partial charge in [0.05, 0.1) is 6.10 Å². The minimum Gasteiger partial charge on any atom is -0.491 e. The molecule has 124 valence electrons. The van der Waals surface area contributed by atoms with Gasteiger partial charge in [0.15, 0.2) is 5.96 Å². The highest BCUT2D eigenvalue weighted by Crippen LogP contribution is 2.13. The van der Waals surface area contributed by atoms with Crippen LogP contribution >= 0.6 is 0 Å². The van der Waals surface area contributed by atoms with Gasteiger partial charge in [0.1, 0.15) is 5.75 Å². The number of nitrogens with one attached hydrogen (secondary N) is 2. The summed E-state index contributed by atoms with van der Waals surface area (Å²) in [5.41, 5.74) is 1.19. The summed E-state index contributed by atoms with van der Waals surface area (Å²) in [6.45, 7) is 9.17. The van der Waals surface area contributed by atoms with Crippen molar-refractivity contribution in [1.82, 2.24) is 10.6 Å². The van der Waals surface area contributed by atoms with Crippen LogP contribution in [-0.4, -0.2) is 38.9 Å². The van der Waals surface area contributed by atoms with Gasteiger partial charge >= 0.3 is 0 Å². The number of ether oxygens (including phenoxy) is 2. The second kappa shape index (κ2) is 10.9. The average molecular weight is 307 g/mol. The SMILES string of the molecule is CCOCCCNC(=NC)NCc1ccc(OC(C)C)cc1. The molecule has 22 heavy (non-hydrogen) atoms. The van der Waals surface area contributed by atoms with E-state index in [-0.39, 0.29) is 6.10 Å². The van der Waals surface area contributed by atoms with Crippen molar-refractivity contribution in [1.29, 1.82) is 0 Å². The van der Waals surface area contributed by atoms with Crippen LogP contribution in [0.4, 0.5) is 0 Å². The minimum absolute atomic E-state index is 0.198. The Hall–Kier alpha value is -1.75. The molecule has 0 bridgehead atoms. The van der Waals surface area contributed by atoms with Crippen molar-refractivity contribution in [3.63, 3.8) is 0 Å². The van der Waals surface area contributed by atoms with E-state index in [0.717, 1.165) is 44.4 Å². The maximum Gasteiger partial charge on any atom is 0.191 e. The second-order valence-corrected chi connectivity index (χ2v) is 5.21. The van der Waals surface area contributed by atoms with Crippen molar-refractivity contribution >= 4 is 5.96 Å². The van der Waals surface area contributed by atoms with Gasteiger partial charge in [-0.2, -0.15) is 0 Å². The molecule has 0 aliphatic carbocycles. The van der Waals surface area contributed by atoms with Gasteiger partial charge in [0, 0.05) is 33.4 Å². The summed E-state index contributed by atoms with van der Waals surface area (Å²) in [5.74, 6) is 1.70. The van der Waals surface area contributed by atoms with Gasteiger partial charge in [-0.3, -0.25) is 4.99 Å². The third-order valence-corrected chi connectivity index (χ3v) is 2.94. The lowest BCUT2D eigenvalue weighted by Gasteiger charge is -2.13. The first-order valence-corrected chi connectivity index (χ1v) is 7.93. The fraction of sp³-hybridized carbons (Fsp3) is 0.588. The summed E-state index contributed by atoms with van der Waals surface area (Å²) in [6, 6.07) is 8.12. The van der Waals surface area contributed by atoms with E-state index in [4.69, 9.17) is 9.47 Å². The maximum atomic E-state index is 5.63. The number of hydrogen-bond donors (Lipinski definition) is 2. The Morgan fingerprint density at radius 3 is 2.50 bits per heavy atom. The van der Waals surface area contributed by atoms with Crippen molar-refractivity contribution in [3.05, 3.63) is 29.8 Å². The third kappa shape index (κ3) is 7.88. The Balaban J connectivity index is 2.30. The standard InChI is InChI=1S/C17H29N3O2/c1-5-21-12-6-11-19-17(18-4)20-13-15-7-9-16(10-8-15)22-14(2)3/h7-10,14H,5-6,11-13H2,1-4H3,(H2,18,19,20). The average Bonchev–Trinajstić information content (AvgIpc) is 2.51. The zero-order valence-electron chi connectivity index (χ0n) is 14.2. The smallest absolute Gasteiger partial charge is 0.191 e. The van der Waals surface area contributed by atoms with Crippen LogP contribution in [0.15, 0.2) is 29.3 Å². The van der Waals surface area contributed by atoms with E-state index in [0.29, 0.717) is 0 Å². The zero-order valence-corrected chi connectivity index (χ0v) is 14.2. The molecule has 2 N–H and O–H groups in total. The van der Waals surface area contributed by atoms with Crippen LogP contribution in [0.3, 0.4) is 0 Å². The summed E-state index contributed by atoms with van der Waals surface area (Å²) in [7, 11) is 1.78. The van der Waals surface area contributed by atoms with Crippen molar-refractivity contribution in [2.75, 3.05) is 26.8 Å². The summed E-state index contributed by atoms with van der Waals surface area (Å²) in [6.07, 6.45) is 1.17. The quantitative estimate of drug-likeness (QED) is 0.418. The van der Waals surface area contributed by atoms with E-state index in [2.05, 4.69) is 27.8 Å². The summed E-state index contributed by atoms with van der Waals surface area (Å²) >= 11 is 0. The number of hydrogen-bond acceptors (Lipinski definition) is 3. The fourth-order valence-corrected chi connectivity index (χ4v) is 1.89. The van der Waals surface area contributed by atoms with Gasteiger partial charge in [-0.1, -0.05) is 12.1 Å². The van der Waals surface area contributed by atoms with Crippen molar-refractivity contribution in [2.45, 2.75) is 39.8 Å². The van der Waals surface area contributed by atoms with Gasteiger partial charge < -0.3 is 20.1 Å². The van der Waals surface area contributed by atoms with Crippen LogP contribution in [0.25, 0.3) is 0 Å². The van der Waals surface area contributed by atoms with Gasteiger partial charge in [0.25, 0.3) is 0 Å². The molecule has 0 aliphatic heterocycles. The fourth-order valence-electron chi connectivity index (χ4n) is 1.89. The van der Waals surface area contributed by atoms with Crippen LogP contribution in [0.1, 0.15) is 32.8 Å². The van der Waals surface area contributed by atoms with E-state index in [9.17, 15) is 0 Å². The predicted molar refractivity (Wildman–Crippen MR) is 91.5 cm³/mol. The number of guanidine groups is 1. The lowest BCUT2D eigenvalue weighted by molar-refractivity contribution is 0.145. The third-order valence-electron chi connectivity index (χ3n) is 2.94. The van der Waals surface area contributed by atoms with Gasteiger partial charge in [0.2, 0.25) is 0 Å². The van der Waals surface area contributed by atoms with Crippen molar-refractivity contribution in [2.24, 2.45) is 4.99 Å². The highest BCUT2D eigenvalue weighted by atomic mass is 16.5. The highest BCUT2D eigenvalue weighted by Gasteiger charge is 2.00. The molecule has 0 atom stereocenters. The molecular formula is C17H29N3O2. The van der Waals surface area contributed by atoms with Crippen LogP contribution < -0.4 is 15.4 Å². The van der Waals surface area contributed by atoms with Crippen LogP contribution in [0, 0.1) is 0 Å². The first-order valence-electron chi connectivity index (χ1n) is 7.93. The van der Waals surface area contributed by atoms with Gasteiger partial charge in [-0.15, -0.1) is 0 Å². The first-order chi connectivity index (χ1) is 10.7. The Bertz CT molecular complexity index is 430. The molecule has 0 saturated carbocycles. The van der Waals surface area contributed by atoms with E-state index in [1.54, 1.807) is 7.05 Å². The normalized spacial score (nSPS) is 11.6. The molecule has 0 aliphatic rings. The Morgan fingerprint density at radius 1 is 1.18 bits per heavy atom. The van der Waals surface area contributed by atoms with E-state index < -0.39 is 0 Å². The molecule has 0 heterocycles. The number of aliphatic imine (C=N–C) groups is 1. The molecule has 1 aromatic rings. The monoisotopic (exact) mass is 307 g/mol. The van der Waals surface area contributed by atoms with Crippen LogP contribution in [-0.2, 0) is 11.3 Å². The van der Waals surface area contributed by atoms with Crippen LogP contribution in [0.5, 0.6) is 5.75 Å². The van der Waals surface area contributed by atoms with E-state index >= 15 is 0 Å². The topological polar surface area (TPSA) is 54.9 Å². The van der Waals surface area contributed by atoms with Gasteiger partial charge in [-0.25, -0.2) is 0 Å². The molecule has 0 aromatic heterocycles. The molecule has 5 nitrogen and oxygen atoms in total. The van der Waals surface area contributed by atoms with Crippen LogP contribution in [0.2, 0.25) is 0 Å². The lowest BCUT2D eigenvalue weighted by atomic mass is 10.2. The molecule has 1 aromatic carbocycles. The molecule has 0 spiro atoms. The van der Waals surface area contributed by atoms with E-state index in [1.165, 1.54) is 5.56 Å². The minimum atomic E-state index is 0.198. The number of rotatable bonds is 9. The number of benzene rings is 1. The molecular weight excluding hydrogens is 278 g/mol. The van der Waals surface area contributed by atoms with Crippen molar-refractivity contribution < 1.29 is 9.47 Å². The molecule has 1 rings (SSSR count). The zero-order chi connectivity index (χ0) is 16.2. The predicted octanol–water partition coefficient (Wildman–Crippen LogP) is 2.57. The molecule has 0 fully saturated rings. The maximum absolute atomic E-state index is 5.63. The van der Waals surface area contributed by atoms with Gasteiger partial charge in [-0.05, 0) is 44.9 Å². The first kappa shape index (κ1) is 18.3. The largest absolute Gasteiger partial charge is 0.491 e. The highest BCUT2D eigenvalue weighted by molar-refractivity contribution is 5.79. The molecule has 0 radical (unpaired) electrons. The van der Waals surface area contributed by atoms with Crippen molar-refractivity contribution in [3.8, 4) is 5.75 Å².